The summed E-state index contributed by atoms with van der Waals surface area (Å²) in [6.45, 7) is 3.21. The van der Waals surface area contributed by atoms with E-state index in [1.165, 1.54) is 23.9 Å². The molecule has 2 heterocycles. The number of piperidine rings is 1. The molecule has 2 aliphatic heterocycles. The van der Waals surface area contributed by atoms with Gasteiger partial charge in [0.15, 0.2) is 0 Å². The Hall–Kier alpha value is -2.52. The Balaban J connectivity index is 1.72. The van der Waals surface area contributed by atoms with Crippen molar-refractivity contribution in [2.45, 2.75) is 29.6 Å². The van der Waals surface area contributed by atoms with E-state index in [1.54, 1.807) is 35.2 Å². The summed E-state index contributed by atoms with van der Waals surface area (Å²) in [4.78, 5) is 27.9. The molecule has 31 heavy (non-hydrogen) atoms. The number of hydrogen-bond donors (Lipinski definition) is 1. The molecule has 4 rings (SSSR count). The molecule has 0 unspecified atom stereocenters. The van der Waals surface area contributed by atoms with Crippen molar-refractivity contribution in [2.75, 3.05) is 35.5 Å². The summed E-state index contributed by atoms with van der Waals surface area (Å²) < 4.78 is 28.1. The summed E-state index contributed by atoms with van der Waals surface area (Å²) >= 11 is 1.41. The third kappa shape index (κ3) is 4.16. The summed E-state index contributed by atoms with van der Waals surface area (Å²) in [5, 5.41) is 2.70. The number of rotatable bonds is 4. The molecule has 0 saturated carbocycles. The highest BCUT2D eigenvalue weighted by Crippen LogP contribution is 2.35. The van der Waals surface area contributed by atoms with Gasteiger partial charge < -0.3 is 10.2 Å². The van der Waals surface area contributed by atoms with Crippen LogP contribution in [0.1, 0.15) is 30.1 Å². The van der Waals surface area contributed by atoms with Crippen molar-refractivity contribution < 1.29 is 18.0 Å². The van der Waals surface area contributed by atoms with E-state index in [0.717, 1.165) is 22.0 Å². The molecule has 2 aliphatic rings. The molecule has 0 atom stereocenters. The van der Waals surface area contributed by atoms with Gasteiger partial charge in [0.25, 0.3) is 15.9 Å². The molecular formula is C22H25N3O4S2. The van der Waals surface area contributed by atoms with Crippen LogP contribution in [0.25, 0.3) is 0 Å². The van der Waals surface area contributed by atoms with Crippen LogP contribution in [0.4, 0.5) is 11.4 Å². The summed E-state index contributed by atoms with van der Waals surface area (Å²) in [6.07, 6.45) is 3.75. The van der Waals surface area contributed by atoms with Gasteiger partial charge in [0, 0.05) is 18.0 Å². The van der Waals surface area contributed by atoms with E-state index in [4.69, 9.17) is 0 Å². The third-order valence-electron chi connectivity index (χ3n) is 5.79. The minimum absolute atomic E-state index is 0.00327. The summed E-state index contributed by atoms with van der Waals surface area (Å²) in [5.74, 6) is 0.0351. The molecule has 2 aromatic rings. The number of amides is 2. The van der Waals surface area contributed by atoms with Crippen molar-refractivity contribution in [3.05, 3.63) is 48.0 Å². The molecule has 9 heteroatoms. The van der Waals surface area contributed by atoms with Gasteiger partial charge in [0.1, 0.15) is 6.54 Å². The molecule has 164 valence electrons. The maximum Gasteiger partial charge on any atom is 0.264 e. The lowest BCUT2D eigenvalue weighted by atomic mass is 9.98. The van der Waals surface area contributed by atoms with Crippen LogP contribution in [0.15, 0.2) is 52.3 Å². The lowest BCUT2D eigenvalue weighted by Crippen LogP contribution is -2.42. The zero-order valence-electron chi connectivity index (χ0n) is 17.5. The number of benzene rings is 2. The largest absolute Gasteiger partial charge is 0.339 e. The van der Waals surface area contributed by atoms with E-state index in [0.29, 0.717) is 35.9 Å². The lowest BCUT2D eigenvalue weighted by molar-refractivity contribution is -0.115. The average Bonchev–Trinajstić information content (AvgIpc) is 2.78. The Bertz CT molecular complexity index is 1130. The number of carbonyl (C=O) groups is 2. The van der Waals surface area contributed by atoms with E-state index in [2.05, 4.69) is 12.2 Å². The lowest BCUT2D eigenvalue weighted by Gasteiger charge is -2.31. The smallest absolute Gasteiger partial charge is 0.264 e. The van der Waals surface area contributed by atoms with Crippen LogP contribution in [0.2, 0.25) is 0 Å². The fourth-order valence-electron chi connectivity index (χ4n) is 3.94. The van der Waals surface area contributed by atoms with Crippen LogP contribution in [0.5, 0.6) is 0 Å². The molecule has 2 aromatic carbocycles. The molecule has 0 spiro atoms. The van der Waals surface area contributed by atoms with Gasteiger partial charge in [0.05, 0.1) is 21.8 Å². The van der Waals surface area contributed by atoms with Crippen molar-refractivity contribution in [1.82, 2.24) is 4.90 Å². The molecule has 0 bridgehead atoms. The number of nitrogens with one attached hydrogen (secondary N) is 1. The number of carbonyl (C=O) groups excluding carboxylic acids is 2. The zero-order valence-corrected chi connectivity index (χ0v) is 19.1. The highest BCUT2D eigenvalue weighted by Gasteiger charge is 2.33. The standard InChI is InChI=1S/C22H25N3O4S2/c1-15-9-11-24(12-10-15)22(27)17-13-16(7-8-20(17)30-2)31(28,29)25-14-21(26)23-18-5-3-4-6-19(18)25/h3-8,13,15H,9-12,14H2,1-2H3,(H,23,26). The number of thioether (sulfide) groups is 1. The van der Waals surface area contributed by atoms with Gasteiger partial charge in [-0.05, 0) is 55.3 Å². The van der Waals surface area contributed by atoms with E-state index in [1.807, 2.05) is 6.26 Å². The van der Waals surface area contributed by atoms with Crippen LogP contribution < -0.4 is 9.62 Å². The molecule has 1 saturated heterocycles. The van der Waals surface area contributed by atoms with Gasteiger partial charge in [-0.25, -0.2) is 8.42 Å². The maximum absolute atomic E-state index is 13.5. The molecule has 0 aromatic heterocycles. The second-order valence-corrected chi connectivity index (χ2v) is 10.6. The Morgan fingerprint density at radius 3 is 2.55 bits per heavy atom. The summed E-state index contributed by atoms with van der Waals surface area (Å²) in [5.41, 5.74) is 1.24. The zero-order chi connectivity index (χ0) is 22.2. The predicted octanol–water partition coefficient (Wildman–Crippen LogP) is 3.43. The van der Waals surface area contributed by atoms with Crippen LogP contribution in [0.3, 0.4) is 0 Å². The van der Waals surface area contributed by atoms with Crippen molar-refractivity contribution in [1.29, 1.82) is 0 Å². The average molecular weight is 460 g/mol. The molecule has 2 amide bonds. The highest BCUT2D eigenvalue weighted by atomic mass is 32.2. The second kappa shape index (κ2) is 8.55. The van der Waals surface area contributed by atoms with Gasteiger partial charge in [-0.2, -0.15) is 0 Å². The first-order chi connectivity index (χ1) is 14.8. The SMILES string of the molecule is CSc1ccc(S(=O)(=O)N2CC(=O)Nc3ccccc32)cc1C(=O)N1CCC(C)CC1. The number of sulfonamides is 1. The van der Waals surface area contributed by atoms with Gasteiger partial charge in [-0.15, -0.1) is 11.8 Å². The fourth-order valence-corrected chi connectivity index (χ4v) is 5.98. The molecule has 0 aliphatic carbocycles. The summed E-state index contributed by atoms with van der Waals surface area (Å²) in [7, 11) is -4.04. The number of nitrogens with zero attached hydrogens (tertiary/aromatic N) is 2. The van der Waals surface area contributed by atoms with Crippen LogP contribution in [-0.2, 0) is 14.8 Å². The minimum Gasteiger partial charge on any atom is -0.339 e. The number of anilines is 2. The Labute approximate surface area is 186 Å². The van der Waals surface area contributed by atoms with Crippen LogP contribution in [0, 0.1) is 5.92 Å². The fraction of sp³-hybridized carbons (Fsp3) is 0.364. The topological polar surface area (TPSA) is 86.8 Å². The molecule has 0 radical (unpaired) electrons. The first kappa shape index (κ1) is 21.7. The monoisotopic (exact) mass is 459 g/mol. The van der Waals surface area contributed by atoms with E-state index >= 15 is 0 Å². The van der Waals surface area contributed by atoms with Gasteiger partial charge in [-0.3, -0.25) is 13.9 Å². The maximum atomic E-state index is 13.5. The number of likely N-dealkylation sites (tertiary alicyclic amines) is 1. The van der Waals surface area contributed by atoms with E-state index in [-0.39, 0.29) is 17.3 Å². The normalized spacial score (nSPS) is 17.3. The first-order valence-corrected chi connectivity index (χ1v) is 12.9. The van der Waals surface area contributed by atoms with Crippen molar-refractivity contribution in [3.8, 4) is 0 Å². The number of hydrogen-bond acceptors (Lipinski definition) is 5. The third-order valence-corrected chi connectivity index (χ3v) is 8.35. The highest BCUT2D eigenvalue weighted by molar-refractivity contribution is 7.98. The Kier molecular flexibility index (Phi) is 5.98. The Morgan fingerprint density at radius 1 is 1.13 bits per heavy atom. The van der Waals surface area contributed by atoms with Gasteiger partial charge >= 0.3 is 0 Å². The van der Waals surface area contributed by atoms with Crippen molar-refractivity contribution >= 4 is 45.0 Å². The Morgan fingerprint density at radius 2 is 1.84 bits per heavy atom. The van der Waals surface area contributed by atoms with E-state index < -0.39 is 15.9 Å². The predicted molar refractivity (Wildman–Crippen MR) is 122 cm³/mol. The van der Waals surface area contributed by atoms with Crippen LogP contribution >= 0.6 is 11.8 Å². The van der Waals surface area contributed by atoms with Crippen molar-refractivity contribution in [2.24, 2.45) is 5.92 Å². The minimum atomic E-state index is -4.04. The molecule has 1 fully saturated rings. The first-order valence-electron chi connectivity index (χ1n) is 10.2. The van der Waals surface area contributed by atoms with Crippen molar-refractivity contribution in [3.63, 3.8) is 0 Å². The molecular weight excluding hydrogens is 434 g/mol. The summed E-state index contributed by atoms with van der Waals surface area (Å²) in [6, 6.07) is 11.4. The quantitative estimate of drug-likeness (QED) is 0.708. The molecule has 1 N–H and O–H groups in total. The van der Waals surface area contributed by atoms with Gasteiger partial charge in [-0.1, -0.05) is 19.1 Å². The van der Waals surface area contributed by atoms with Gasteiger partial charge in [0.2, 0.25) is 5.91 Å². The van der Waals surface area contributed by atoms with E-state index in [9.17, 15) is 18.0 Å². The van der Waals surface area contributed by atoms with Crippen LogP contribution in [-0.4, -0.2) is 51.0 Å². The number of fused-ring (bicyclic) bond motifs is 1. The number of para-hydroxylation sites is 2. The second-order valence-electron chi connectivity index (χ2n) is 7.91. The molecule has 7 nitrogen and oxygen atoms in total.